The topological polar surface area (TPSA) is 72.4 Å². The van der Waals surface area contributed by atoms with Crippen molar-refractivity contribution in [1.29, 1.82) is 0 Å². The Morgan fingerprint density at radius 3 is 2.88 bits per heavy atom. The highest BCUT2D eigenvalue weighted by atomic mass is 16.4. The van der Waals surface area contributed by atoms with E-state index in [4.69, 9.17) is 0 Å². The molecule has 0 amide bonds. The predicted octanol–water partition coefficient (Wildman–Crippen LogP) is 1.22. The maximum absolute atomic E-state index is 11.3. The molecular formula is C11H8N4O2. The van der Waals surface area contributed by atoms with Crippen LogP contribution in [0.15, 0.2) is 43.1 Å². The molecule has 6 heteroatoms. The fourth-order valence-electron chi connectivity index (χ4n) is 1.75. The molecule has 0 unspecified atom stereocenters. The average Bonchev–Trinajstić information content (AvgIpc) is 2.95. The van der Waals surface area contributed by atoms with Gasteiger partial charge in [-0.1, -0.05) is 6.07 Å². The molecule has 0 saturated heterocycles. The van der Waals surface area contributed by atoms with Crippen LogP contribution in [-0.4, -0.2) is 30.0 Å². The van der Waals surface area contributed by atoms with Crippen LogP contribution in [-0.2, 0) is 0 Å². The Bertz CT molecular complexity index is 685. The highest BCUT2D eigenvalue weighted by molar-refractivity contribution is 5.90. The van der Waals surface area contributed by atoms with Crippen LogP contribution >= 0.6 is 0 Å². The number of aromatic nitrogens is 4. The number of nitrogens with zero attached hydrogens (tertiary/aromatic N) is 4. The Labute approximate surface area is 95.8 Å². The fraction of sp³-hybridized carbons (Fsp3) is 0. The SMILES string of the molecule is O=C(O)c1c(-n2ccnc2)nc2ccccn12. The molecule has 17 heavy (non-hydrogen) atoms. The van der Waals surface area contributed by atoms with Gasteiger partial charge < -0.3 is 5.11 Å². The maximum Gasteiger partial charge on any atom is 0.356 e. The maximum atomic E-state index is 11.3. The third-order valence-electron chi connectivity index (χ3n) is 2.46. The lowest BCUT2D eigenvalue weighted by atomic mass is 10.4. The van der Waals surface area contributed by atoms with Crippen molar-refractivity contribution < 1.29 is 9.90 Å². The lowest BCUT2D eigenvalue weighted by Crippen LogP contribution is -2.06. The molecule has 0 aliphatic heterocycles. The van der Waals surface area contributed by atoms with Crippen LogP contribution in [0.4, 0.5) is 0 Å². The van der Waals surface area contributed by atoms with Crippen LogP contribution in [0, 0.1) is 0 Å². The number of hydrogen-bond acceptors (Lipinski definition) is 3. The molecule has 84 valence electrons. The van der Waals surface area contributed by atoms with E-state index < -0.39 is 5.97 Å². The van der Waals surface area contributed by atoms with Crippen molar-refractivity contribution in [2.24, 2.45) is 0 Å². The zero-order valence-corrected chi connectivity index (χ0v) is 8.69. The molecule has 3 aromatic heterocycles. The van der Waals surface area contributed by atoms with Crippen LogP contribution in [0.3, 0.4) is 0 Å². The molecule has 0 aromatic carbocycles. The summed E-state index contributed by atoms with van der Waals surface area (Å²) in [6.07, 6.45) is 6.43. The van der Waals surface area contributed by atoms with Crippen molar-refractivity contribution >= 4 is 11.6 Å². The summed E-state index contributed by atoms with van der Waals surface area (Å²) >= 11 is 0. The smallest absolute Gasteiger partial charge is 0.356 e. The van der Waals surface area contributed by atoms with Gasteiger partial charge >= 0.3 is 5.97 Å². The second-order valence-corrected chi connectivity index (χ2v) is 3.49. The molecule has 0 saturated carbocycles. The van der Waals surface area contributed by atoms with Crippen molar-refractivity contribution in [3.63, 3.8) is 0 Å². The second kappa shape index (κ2) is 3.44. The minimum Gasteiger partial charge on any atom is -0.476 e. The normalized spacial score (nSPS) is 10.8. The minimum atomic E-state index is -1.02. The number of pyridine rings is 1. The van der Waals surface area contributed by atoms with Crippen molar-refractivity contribution in [2.75, 3.05) is 0 Å². The lowest BCUT2D eigenvalue weighted by molar-refractivity contribution is 0.0689. The molecule has 3 rings (SSSR count). The number of carboxylic acids is 1. The standard InChI is InChI=1S/C11H8N4O2/c16-11(17)9-10(14-6-4-12-7-14)13-8-3-1-2-5-15(8)9/h1-7H,(H,16,17). The fourth-order valence-corrected chi connectivity index (χ4v) is 1.75. The van der Waals surface area contributed by atoms with Gasteiger partial charge in [-0.25, -0.2) is 14.8 Å². The molecular weight excluding hydrogens is 220 g/mol. The molecule has 3 heterocycles. The van der Waals surface area contributed by atoms with Crippen molar-refractivity contribution in [2.45, 2.75) is 0 Å². The summed E-state index contributed by atoms with van der Waals surface area (Å²) in [5.74, 6) is -0.659. The summed E-state index contributed by atoms with van der Waals surface area (Å²) in [5, 5.41) is 9.26. The predicted molar refractivity (Wildman–Crippen MR) is 59.3 cm³/mol. The summed E-state index contributed by atoms with van der Waals surface area (Å²) < 4.78 is 3.12. The van der Waals surface area contributed by atoms with E-state index in [1.165, 1.54) is 10.7 Å². The molecule has 0 fully saturated rings. The van der Waals surface area contributed by atoms with Gasteiger partial charge in [0.2, 0.25) is 0 Å². The van der Waals surface area contributed by atoms with Gasteiger partial charge in [-0.2, -0.15) is 0 Å². The Morgan fingerprint density at radius 1 is 1.29 bits per heavy atom. The molecule has 0 atom stereocenters. The molecule has 0 radical (unpaired) electrons. The first kappa shape index (κ1) is 9.59. The number of aromatic carboxylic acids is 1. The number of carbonyl (C=O) groups is 1. The Balaban J connectivity index is 2.38. The van der Waals surface area contributed by atoms with E-state index in [9.17, 15) is 9.90 Å². The zero-order chi connectivity index (χ0) is 11.8. The van der Waals surface area contributed by atoms with E-state index in [1.807, 2.05) is 6.07 Å². The van der Waals surface area contributed by atoms with Crippen molar-refractivity contribution in [1.82, 2.24) is 18.9 Å². The first-order chi connectivity index (χ1) is 8.27. The number of rotatable bonds is 2. The van der Waals surface area contributed by atoms with Gasteiger partial charge in [0.05, 0.1) is 0 Å². The third-order valence-corrected chi connectivity index (χ3v) is 2.46. The number of imidazole rings is 2. The van der Waals surface area contributed by atoms with Gasteiger partial charge in [0, 0.05) is 18.6 Å². The van der Waals surface area contributed by atoms with E-state index in [2.05, 4.69) is 9.97 Å². The first-order valence-corrected chi connectivity index (χ1v) is 4.96. The van der Waals surface area contributed by atoms with E-state index in [-0.39, 0.29) is 5.69 Å². The van der Waals surface area contributed by atoms with E-state index >= 15 is 0 Å². The highest BCUT2D eigenvalue weighted by Crippen LogP contribution is 2.16. The Hall–Kier alpha value is -2.63. The quantitative estimate of drug-likeness (QED) is 0.715. The number of carboxylic acid groups (broad SMARTS) is 1. The molecule has 0 aliphatic rings. The van der Waals surface area contributed by atoms with Crippen LogP contribution in [0.1, 0.15) is 10.5 Å². The molecule has 0 aliphatic carbocycles. The van der Waals surface area contributed by atoms with Crippen LogP contribution in [0.25, 0.3) is 11.5 Å². The monoisotopic (exact) mass is 228 g/mol. The first-order valence-electron chi connectivity index (χ1n) is 4.96. The Morgan fingerprint density at radius 2 is 2.18 bits per heavy atom. The van der Waals surface area contributed by atoms with Gasteiger partial charge in [0.15, 0.2) is 11.5 Å². The van der Waals surface area contributed by atoms with Gasteiger partial charge in [0.1, 0.15) is 12.0 Å². The zero-order valence-electron chi connectivity index (χ0n) is 8.69. The van der Waals surface area contributed by atoms with E-state index in [0.717, 1.165) is 0 Å². The van der Waals surface area contributed by atoms with Gasteiger partial charge in [-0.3, -0.25) is 8.97 Å². The van der Waals surface area contributed by atoms with Crippen LogP contribution in [0.2, 0.25) is 0 Å². The Kier molecular flexibility index (Phi) is 1.94. The second-order valence-electron chi connectivity index (χ2n) is 3.49. The van der Waals surface area contributed by atoms with Crippen molar-refractivity contribution in [3.05, 3.63) is 48.8 Å². The van der Waals surface area contributed by atoms with Crippen molar-refractivity contribution in [3.8, 4) is 5.82 Å². The highest BCUT2D eigenvalue weighted by Gasteiger charge is 2.19. The molecule has 3 aromatic rings. The van der Waals surface area contributed by atoms with Crippen LogP contribution < -0.4 is 0 Å². The average molecular weight is 228 g/mol. The summed E-state index contributed by atoms with van der Waals surface area (Å²) in [6, 6.07) is 5.33. The minimum absolute atomic E-state index is 0.124. The van der Waals surface area contributed by atoms with Gasteiger partial charge in [0.25, 0.3) is 0 Å². The van der Waals surface area contributed by atoms with Gasteiger partial charge in [-0.05, 0) is 12.1 Å². The van der Waals surface area contributed by atoms with E-state index in [1.54, 1.807) is 35.3 Å². The molecule has 6 nitrogen and oxygen atoms in total. The van der Waals surface area contributed by atoms with E-state index in [0.29, 0.717) is 11.5 Å². The summed E-state index contributed by atoms with van der Waals surface area (Å²) in [5.41, 5.74) is 0.715. The van der Waals surface area contributed by atoms with Gasteiger partial charge in [-0.15, -0.1) is 0 Å². The summed E-state index contributed by atoms with van der Waals surface area (Å²) in [7, 11) is 0. The molecule has 1 N–H and O–H groups in total. The number of fused-ring (bicyclic) bond motifs is 1. The third kappa shape index (κ3) is 1.38. The lowest BCUT2D eigenvalue weighted by Gasteiger charge is -1.99. The molecule has 0 spiro atoms. The largest absolute Gasteiger partial charge is 0.476 e. The summed E-state index contributed by atoms with van der Waals surface area (Å²) in [4.78, 5) is 19.5. The number of hydrogen-bond donors (Lipinski definition) is 1. The van der Waals surface area contributed by atoms with Crippen LogP contribution in [0.5, 0.6) is 0 Å². The summed E-state index contributed by atoms with van der Waals surface area (Å²) in [6.45, 7) is 0. The molecule has 0 bridgehead atoms.